The number of ether oxygens (including phenoxy) is 2. The van der Waals surface area contributed by atoms with Gasteiger partial charge in [-0.05, 0) is 98.1 Å². The Labute approximate surface area is 240 Å². The molecule has 1 saturated carbocycles. The molecule has 4 nitrogen and oxygen atoms in total. The Balaban J connectivity index is 1.45. The summed E-state index contributed by atoms with van der Waals surface area (Å²) in [7, 11) is 0. The summed E-state index contributed by atoms with van der Waals surface area (Å²) in [6, 6.07) is 12.6. The van der Waals surface area contributed by atoms with E-state index in [4.69, 9.17) is 21.1 Å². The van der Waals surface area contributed by atoms with Gasteiger partial charge in [0.15, 0.2) is 6.29 Å². The second-order valence-corrected chi connectivity index (χ2v) is 12.9. The van der Waals surface area contributed by atoms with Gasteiger partial charge in [-0.1, -0.05) is 63.1 Å². The molecular formula is C34H46ClNO3. The van der Waals surface area contributed by atoms with Crippen LogP contribution in [0.15, 0.2) is 48.6 Å². The van der Waals surface area contributed by atoms with E-state index in [2.05, 4.69) is 56.0 Å². The topological polar surface area (TPSA) is 41.9 Å². The maximum Gasteiger partial charge on any atom is 0.181 e. The summed E-state index contributed by atoms with van der Waals surface area (Å²) in [6.45, 7) is 9.54. The van der Waals surface area contributed by atoms with Gasteiger partial charge in [0.1, 0.15) is 5.75 Å². The SMILES string of the molecule is CCC/C=C/C[C@@H]1CC[C@H]1CN1C[C@@]2(CCCc3cc(Cl)ccc32)COc2ccc(C(O)OCC(C)C)cc21. The number of aliphatic hydroxyl groups is 1. The zero-order valence-electron chi connectivity index (χ0n) is 24.0. The minimum atomic E-state index is -0.936. The van der Waals surface area contributed by atoms with E-state index in [1.165, 1.54) is 43.2 Å². The van der Waals surface area contributed by atoms with Crippen molar-refractivity contribution in [2.45, 2.75) is 83.8 Å². The quantitative estimate of drug-likeness (QED) is 0.238. The summed E-state index contributed by atoms with van der Waals surface area (Å²) >= 11 is 6.42. The van der Waals surface area contributed by atoms with Crippen molar-refractivity contribution in [1.29, 1.82) is 0 Å². The van der Waals surface area contributed by atoms with Crippen LogP contribution in [0.1, 0.15) is 88.7 Å². The number of fused-ring (bicyclic) bond motifs is 3. The summed E-state index contributed by atoms with van der Waals surface area (Å²) in [4.78, 5) is 2.58. The fraction of sp³-hybridized carbons (Fsp3) is 0.588. The third-order valence-electron chi connectivity index (χ3n) is 9.02. The molecule has 1 unspecified atom stereocenters. The van der Waals surface area contributed by atoms with E-state index in [1.54, 1.807) is 0 Å². The molecule has 0 saturated heterocycles. The van der Waals surface area contributed by atoms with Gasteiger partial charge in [0.25, 0.3) is 0 Å². The maximum absolute atomic E-state index is 10.8. The van der Waals surface area contributed by atoms with Crippen molar-refractivity contribution in [3.8, 4) is 5.75 Å². The van der Waals surface area contributed by atoms with Crippen LogP contribution in [0, 0.1) is 17.8 Å². The Morgan fingerprint density at radius 2 is 2.00 bits per heavy atom. The maximum atomic E-state index is 10.8. The number of aryl methyl sites for hydroxylation is 1. The second kappa shape index (κ2) is 12.7. The van der Waals surface area contributed by atoms with Gasteiger partial charge in [0, 0.05) is 29.1 Å². The Kier molecular flexibility index (Phi) is 9.26. The van der Waals surface area contributed by atoms with Crippen LogP contribution in [0.4, 0.5) is 5.69 Å². The number of rotatable bonds is 10. The van der Waals surface area contributed by atoms with Gasteiger partial charge in [-0.2, -0.15) is 0 Å². The highest BCUT2D eigenvalue weighted by atomic mass is 35.5. The third-order valence-corrected chi connectivity index (χ3v) is 9.26. The molecule has 0 aromatic heterocycles. The van der Waals surface area contributed by atoms with E-state index in [-0.39, 0.29) is 5.41 Å². The highest BCUT2D eigenvalue weighted by molar-refractivity contribution is 6.30. The van der Waals surface area contributed by atoms with Gasteiger partial charge in [-0.15, -0.1) is 0 Å². The van der Waals surface area contributed by atoms with E-state index in [0.717, 1.165) is 60.3 Å². The van der Waals surface area contributed by atoms with Crippen molar-refractivity contribution in [1.82, 2.24) is 0 Å². The molecule has 2 aromatic carbocycles. The van der Waals surface area contributed by atoms with Crippen molar-refractivity contribution in [3.63, 3.8) is 0 Å². The molecule has 1 spiro atoms. The van der Waals surface area contributed by atoms with Crippen molar-refractivity contribution in [2.24, 2.45) is 17.8 Å². The number of hydrogen-bond acceptors (Lipinski definition) is 4. The van der Waals surface area contributed by atoms with E-state index in [9.17, 15) is 5.11 Å². The lowest BCUT2D eigenvalue weighted by atomic mass is 9.69. The van der Waals surface area contributed by atoms with Crippen LogP contribution in [-0.2, 0) is 16.6 Å². The van der Waals surface area contributed by atoms with Crippen LogP contribution in [0.2, 0.25) is 5.02 Å². The van der Waals surface area contributed by atoms with E-state index >= 15 is 0 Å². The molecule has 2 aliphatic carbocycles. The number of benzene rings is 2. The van der Waals surface area contributed by atoms with Crippen LogP contribution >= 0.6 is 11.6 Å². The standard InChI is InChI=1S/C34H46ClNO3/c1-4-5-6-7-9-25-11-12-28(25)20-36-22-34(17-8-10-26-18-29(35)14-15-30(26)34)23-39-32-16-13-27(19-31(32)36)33(37)38-21-24(2)3/h6-7,13-16,18-19,24-25,28,33,37H,4-5,8-12,17,20-23H2,1-3H3/b7-6+/t25-,28+,33?,34+/m1/s1. The first-order valence-corrected chi connectivity index (χ1v) is 15.5. The number of halogens is 1. The molecule has 0 radical (unpaired) electrons. The fourth-order valence-electron chi connectivity index (χ4n) is 6.69. The highest BCUT2D eigenvalue weighted by Gasteiger charge is 2.43. The summed E-state index contributed by atoms with van der Waals surface area (Å²) < 4.78 is 12.4. The van der Waals surface area contributed by atoms with Crippen LogP contribution in [0.5, 0.6) is 5.75 Å². The molecule has 39 heavy (non-hydrogen) atoms. The average Bonchev–Trinajstić information content (AvgIpc) is 3.06. The first-order valence-electron chi connectivity index (χ1n) is 15.1. The van der Waals surface area contributed by atoms with Crippen LogP contribution in [-0.4, -0.2) is 31.4 Å². The van der Waals surface area contributed by atoms with Crippen molar-refractivity contribution in [2.75, 3.05) is 31.2 Å². The predicted octanol–water partition coefficient (Wildman–Crippen LogP) is 8.25. The molecule has 1 N–H and O–H groups in total. The minimum absolute atomic E-state index is 0.0790. The van der Waals surface area contributed by atoms with Gasteiger partial charge in [0.05, 0.1) is 18.9 Å². The van der Waals surface area contributed by atoms with Crippen LogP contribution in [0.3, 0.4) is 0 Å². The number of hydrogen-bond donors (Lipinski definition) is 1. The lowest BCUT2D eigenvalue weighted by Crippen LogP contribution is -2.48. The first-order chi connectivity index (χ1) is 18.9. The van der Waals surface area contributed by atoms with E-state index < -0.39 is 6.29 Å². The van der Waals surface area contributed by atoms with Crippen LogP contribution in [0.25, 0.3) is 0 Å². The molecule has 0 amide bonds. The lowest BCUT2D eigenvalue weighted by Gasteiger charge is -2.44. The van der Waals surface area contributed by atoms with E-state index in [0.29, 0.717) is 25.0 Å². The summed E-state index contributed by atoms with van der Waals surface area (Å²) in [5.41, 5.74) is 4.56. The normalized spacial score (nSPS) is 25.2. The smallest absolute Gasteiger partial charge is 0.181 e. The largest absolute Gasteiger partial charge is 0.490 e. The van der Waals surface area contributed by atoms with Gasteiger partial charge in [-0.3, -0.25) is 0 Å². The zero-order chi connectivity index (χ0) is 27.4. The second-order valence-electron chi connectivity index (χ2n) is 12.5. The molecule has 5 rings (SSSR count). The Hall–Kier alpha value is -2.01. The van der Waals surface area contributed by atoms with Crippen molar-refractivity contribution < 1.29 is 14.6 Å². The number of nitrogens with zero attached hydrogens (tertiary/aromatic N) is 1. The third kappa shape index (κ3) is 6.50. The highest BCUT2D eigenvalue weighted by Crippen LogP contribution is 2.47. The number of unbranched alkanes of at least 4 members (excludes halogenated alkanes) is 1. The van der Waals surface area contributed by atoms with E-state index in [1.807, 2.05) is 18.2 Å². The molecule has 2 aromatic rings. The van der Waals surface area contributed by atoms with Gasteiger partial charge < -0.3 is 19.5 Å². The Morgan fingerprint density at radius 1 is 1.15 bits per heavy atom. The van der Waals surface area contributed by atoms with Gasteiger partial charge in [-0.25, -0.2) is 0 Å². The summed E-state index contributed by atoms with van der Waals surface area (Å²) in [6.07, 6.45) is 13.3. The van der Waals surface area contributed by atoms with Gasteiger partial charge >= 0.3 is 0 Å². The molecule has 212 valence electrons. The number of aliphatic hydroxyl groups excluding tert-OH is 1. The first kappa shape index (κ1) is 28.5. The molecule has 5 heteroatoms. The zero-order valence-corrected chi connectivity index (χ0v) is 24.8. The molecule has 1 fully saturated rings. The van der Waals surface area contributed by atoms with Crippen molar-refractivity contribution in [3.05, 3.63) is 70.3 Å². The fourth-order valence-corrected chi connectivity index (χ4v) is 6.89. The van der Waals surface area contributed by atoms with Gasteiger partial charge in [0.2, 0.25) is 0 Å². The predicted molar refractivity (Wildman–Crippen MR) is 161 cm³/mol. The van der Waals surface area contributed by atoms with Crippen LogP contribution < -0.4 is 9.64 Å². The molecule has 3 aliphatic rings. The monoisotopic (exact) mass is 551 g/mol. The average molecular weight is 552 g/mol. The van der Waals surface area contributed by atoms with Crippen molar-refractivity contribution >= 4 is 17.3 Å². The molecule has 1 aliphatic heterocycles. The number of allylic oxidation sites excluding steroid dienone is 2. The number of anilines is 1. The molecule has 0 bridgehead atoms. The lowest BCUT2D eigenvalue weighted by molar-refractivity contribution is -0.110. The Bertz CT molecular complexity index is 1150. The summed E-state index contributed by atoms with van der Waals surface area (Å²) in [5.74, 6) is 2.68. The summed E-state index contributed by atoms with van der Waals surface area (Å²) in [5, 5.41) is 11.7. The Morgan fingerprint density at radius 3 is 2.77 bits per heavy atom. The molecule has 4 atom stereocenters. The molecule has 1 heterocycles. The molecular weight excluding hydrogens is 506 g/mol. The minimum Gasteiger partial charge on any atom is -0.490 e.